The SMILES string of the molecule is C=C(C)[C@@H](CO)N(CC(=O)N(C)OC)C(=O)OC(C)(C)C. The van der Waals surface area contributed by atoms with Crippen molar-refractivity contribution in [1.82, 2.24) is 9.96 Å². The van der Waals surface area contributed by atoms with Crippen LogP contribution in [0.15, 0.2) is 12.2 Å². The Morgan fingerprint density at radius 2 is 1.86 bits per heavy atom. The first-order valence-electron chi connectivity index (χ1n) is 6.60. The van der Waals surface area contributed by atoms with Gasteiger partial charge in [0.05, 0.1) is 19.8 Å². The predicted octanol–water partition coefficient (Wildman–Crippen LogP) is 1.18. The standard InChI is InChI=1S/C14H26N2O5/c1-10(2)11(9-17)16(8-12(18)15(6)20-7)13(19)21-14(3,4)5/h11,17H,1,8-9H2,2-7H3/t11-/m1/s1. The molecule has 0 aromatic heterocycles. The summed E-state index contributed by atoms with van der Waals surface area (Å²) in [6.07, 6.45) is -0.692. The zero-order valence-corrected chi connectivity index (χ0v) is 13.7. The first-order valence-corrected chi connectivity index (χ1v) is 6.60. The number of hydrogen-bond acceptors (Lipinski definition) is 5. The van der Waals surface area contributed by atoms with Crippen LogP contribution in [0.5, 0.6) is 0 Å². The lowest BCUT2D eigenvalue weighted by Gasteiger charge is -2.33. The van der Waals surface area contributed by atoms with Crippen LogP contribution in [0.2, 0.25) is 0 Å². The van der Waals surface area contributed by atoms with E-state index in [1.807, 2.05) is 0 Å². The van der Waals surface area contributed by atoms with E-state index in [2.05, 4.69) is 6.58 Å². The van der Waals surface area contributed by atoms with E-state index in [1.165, 1.54) is 14.2 Å². The maximum absolute atomic E-state index is 12.2. The third-order valence-electron chi connectivity index (χ3n) is 2.68. The fourth-order valence-corrected chi connectivity index (χ4v) is 1.49. The summed E-state index contributed by atoms with van der Waals surface area (Å²) in [6.45, 7) is 9.94. The fourth-order valence-electron chi connectivity index (χ4n) is 1.49. The van der Waals surface area contributed by atoms with Gasteiger partial charge in [0.2, 0.25) is 0 Å². The number of carbonyl (C=O) groups is 2. The lowest BCUT2D eigenvalue weighted by molar-refractivity contribution is -0.170. The van der Waals surface area contributed by atoms with Gasteiger partial charge in [-0.05, 0) is 27.7 Å². The minimum absolute atomic E-state index is 0.280. The number of likely N-dealkylation sites (N-methyl/N-ethyl adjacent to an activating group) is 1. The first kappa shape index (κ1) is 19.4. The number of amides is 2. The van der Waals surface area contributed by atoms with Crippen LogP contribution in [0.25, 0.3) is 0 Å². The van der Waals surface area contributed by atoms with Gasteiger partial charge < -0.3 is 9.84 Å². The molecule has 0 aliphatic carbocycles. The average molecular weight is 302 g/mol. The molecule has 0 aromatic carbocycles. The summed E-state index contributed by atoms with van der Waals surface area (Å²) in [5, 5.41) is 10.5. The van der Waals surface area contributed by atoms with Gasteiger partial charge in [0.1, 0.15) is 12.1 Å². The number of hydrogen-bond donors (Lipinski definition) is 1. The number of hydroxylamine groups is 2. The number of nitrogens with zero attached hydrogens (tertiary/aromatic N) is 2. The summed E-state index contributed by atoms with van der Waals surface area (Å²) in [7, 11) is 2.78. The molecule has 1 N–H and O–H groups in total. The molecule has 0 spiro atoms. The van der Waals surface area contributed by atoms with Gasteiger partial charge >= 0.3 is 6.09 Å². The molecular formula is C14H26N2O5. The molecule has 0 radical (unpaired) electrons. The Labute approximate surface area is 126 Å². The zero-order chi connectivity index (χ0) is 16.8. The Bertz CT molecular complexity index is 389. The fraction of sp³-hybridized carbons (Fsp3) is 0.714. The molecule has 122 valence electrons. The minimum Gasteiger partial charge on any atom is -0.444 e. The Balaban J connectivity index is 5.23. The summed E-state index contributed by atoms with van der Waals surface area (Å²) >= 11 is 0. The van der Waals surface area contributed by atoms with Crippen LogP contribution in [0.1, 0.15) is 27.7 Å². The number of ether oxygens (including phenoxy) is 1. The molecule has 0 aromatic rings. The number of carbonyl (C=O) groups excluding carboxylic acids is 2. The summed E-state index contributed by atoms with van der Waals surface area (Å²) in [6, 6.07) is -0.700. The van der Waals surface area contributed by atoms with E-state index in [9.17, 15) is 14.7 Å². The minimum atomic E-state index is -0.708. The smallest absolute Gasteiger partial charge is 0.411 e. The van der Waals surface area contributed by atoms with Crippen molar-refractivity contribution in [2.75, 3.05) is 27.3 Å². The molecule has 0 rings (SSSR count). The van der Waals surface area contributed by atoms with Crippen molar-refractivity contribution in [3.05, 3.63) is 12.2 Å². The lowest BCUT2D eigenvalue weighted by Crippen LogP contribution is -2.50. The Kier molecular flexibility index (Phi) is 7.38. The lowest BCUT2D eigenvalue weighted by atomic mass is 10.1. The van der Waals surface area contributed by atoms with Crippen LogP contribution in [-0.2, 0) is 14.4 Å². The van der Waals surface area contributed by atoms with E-state index in [0.717, 1.165) is 9.96 Å². The Hall–Kier alpha value is -1.60. The van der Waals surface area contributed by atoms with Gasteiger partial charge in [0.15, 0.2) is 0 Å². The van der Waals surface area contributed by atoms with Gasteiger partial charge in [-0.25, -0.2) is 9.86 Å². The molecule has 1 atom stereocenters. The topological polar surface area (TPSA) is 79.3 Å². The Morgan fingerprint density at radius 3 is 2.19 bits per heavy atom. The van der Waals surface area contributed by atoms with Gasteiger partial charge in [-0.3, -0.25) is 14.5 Å². The highest BCUT2D eigenvalue weighted by Crippen LogP contribution is 2.15. The van der Waals surface area contributed by atoms with Gasteiger partial charge in [-0.1, -0.05) is 12.2 Å². The maximum atomic E-state index is 12.2. The number of aliphatic hydroxyl groups excluding tert-OH is 1. The van der Waals surface area contributed by atoms with Crippen molar-refractivity contribution < 1.29 is 24.3 Å². The molecular weight excluding hydrogens is 276 g/mol. The quantitative estimate of drug-likeness (QED) is 0.589. The summed E-state index contributed by atoms with van der Waals surface area (Å²) in [4.78, 5) is 30.1. The molecule has 0 aliphatic heterocycles. The zero-order valence-electron chi connectivity index (χ0n) is 13.7. The summed E-state index contributed by atoms with van der Waals surface area (Å²) in [5.41, 5.74) is -0.156. The van der Waals surface area contributed by atoms with Crippen molar-refractivity contribution in [3.8, 4) is 0 Å². The van der Waals surface area contributed by atoms with Crippen LogP contribution < -0.4 is 0 Å². The van der Waals surface area contributed by atoms with E-state index in [4.69, 9.17) is 9.57 Å². The average Bonchev–Trinajstić information content (AvgIpc) is 2.34. The van der Waals surface area contributed by atoms with Crippen molar-refractivity contribution in [2.45, 2.75) is 39.3 Å². The monoisotopic (exact) mass is 302 g/mol. The second-order valence-corrected chi connectivity index (χ2v) is 5.73. The highest BCUT2D eigenvalue weighted by molar-refractivity contribution is 5.82. The highest BCUT2D eigenvalue weighted by atomic mass is 16.7. The Morgan fingerprint density at radius 1 is 1.33 bits per heavy atom. The maximum Gasteiger partial charge on any atom is 0.411 e. The normalized spacial score (nSPS) is 12.5. The molecule has 0 heterocycles. The van der Waals surface area contributed by atoms with Crippen molar-refractivity contribution in [3.63, 3.8) is 0 Å². The van der Waals surface area contributed by atoms with E-state index < -0.39 is 23.6 Å². The second-order valence-electron chi connectivity index (χ2n) is 5.73. The third kappa shape index (κ3) is 6.59. The van der Waals surface area contributed by atoms with E-state index in [0.29, 0.717) is 5.57 Å². The molecule has 7 heteroatoms. The molecule has 0 unspecified atom stereocenters. The molecule has 0 aliphatic rings. The van der Waals surface area contributed by atoms with Crippen LogP contribution in [0.4, 0.5) is 4.79 Å². The van der Waals surface area contributed by atoms with Crippen LogP contribution in [0, 0.1) is 0 Å². The van der Waals surface area contributed by atoms with E-state index in [-0.39, 0.29) is 13.2 Å². The number of aliphatic hydroxyl groups is 1. The van der Waals surface area contributed by atoms with Gasteiger partial charge in [-0.2, -0.15) is 0 Å². The van der Waals surface area contributed by atoms with Crippen molar-refractivity contribution in [2.24, 2.45) is 0 Å². The van der Waals surface area contributed by atoms with Gasteiger partial charge in [-0.15, -0.1) is 0 Å². The molecule has 7 nitrogen and oxygen atoms in total. The summed E-state index contributed by atoms with van der Waals surface area (Å²) < 4.78 is 5.27. The molecule has 0 saturated carbocycles. The van der Waals surface area contributed by atoms with Crippen LogP contribution >= 0.6 is 0 Å². The first-order chi connectivity index (χ1) is 9.53. The molecule has 2 amide bonds. The largest absolute Gasteiger partial charge is 0.444 e. The van der Waals surface area contributed by atoms with E-state index in [1.54, 1.807) is 27.7 Å². The third-order valence-corrected chi connectivity index (χ3v) is 2.68. The predicted molar refractivity (Wildman–Crippen MR) is 78.4 cm³/mol. The van der Waals surface area contributed by atoms with Crippen LogP contribution in [0.3, 0.4) is 0 Å². The molecule has 0 bridgehead atoms. The molecule has 21 heavy (non-hydrogen) atoms. The summed E-state index contributed by atoms with van der Waals surface area (Å²) in [5.74, 6) is -0.442. The van der Waals surface area contributed by atoms with Crippen molar-refractivity contribution in [1.29, 1.82) is 0 Å². The van der Waals surface area contributed by atoms with Crippen LogP contribution in [-0.4, -0.2) is 66.0 Å². The van der Waals surface area contributed by atoms with Gasteiger partial charge in [0, 0.05) is 7.05 Å². The van der Waals surface area contributed by atoms with Crippen molar-refractivity contribution >= 4 is 12.0 Å². The molecule has 0 fully saturated rings. The molecule has 0 saturated heterocycles. The second kappa shape index (κ2) is 7.99. The number of rotatable bonds is 6. The van der Waals surface area contributed by atoms with E-state index >= 15 is 0 Å². The highest BCUT2D eigenvalue weighted by Gasteiger charge is 2.31. The van der Waals surface area contributed by atoms with Gasteiger partial charge in [0.25, 0.3) is 5.91 Å².